The van der Waals surface area contributed by atoms with E-state index in [1.165, 1.54) is 0 Å². The second-order valence-corrected chi connectivity index (χ2v) is 7.22. The van der Waals surface area contributed by atoms with Gasteiger partial charge in [0.2, 0.25) is 0 Å². The molecule has 0 unspecified atom stereocenters. The largest absolute Gasteiger partial charge is 0.347 e. The van der Waals surface area contributed by atoms with Gasteiger partial charge < -0.3 is 10.6 Å². The van der Waals surface area contributed by atoms with E-state index >= 15 is 0 Å². The van der Waals surface area contributed by atoms with Crippen molar-refractivity contribution < 1.29 is 9.59 Å². The Morgan fingerprint density at radius 3 is 2.21 bits per heavy atom. The normalized spacial score (nSPS) is 10.6. The molecular formula is C24H25N3O2. The Hall–Kier alpha value is -3.47. The van der Waals surface area contributed by atoms with Crippen molar-refractivity contribution in [2.24, 2.45) is 0 Å². The number of carbonyl (C=O) groups excluding carboxylic acids is 2. The van der Waals surface area contributed by atoms with Gasteiger partial charge in [-0.2, -0.15) is 0 Å². The van der Waals surface area contributed by atoms with Crippen LogP contribution in [-0.2, 0) is 6.54 Å². The fourth-order valence-corrected chi connectivity index (χ4v) is 3.08. The van der Waals surface area contributed by atoms with Gasteiger partial charge in [-0.25, -0.2) is 4.98 Å². The molecule has 0 saturated heterocycles. The maximum Gasteiger partial charge on any atom is 0.274 e. The number of pyridine rings is 1. The molecule has 0 atom stereocenters. The average Bonchev–Trinajstić information content (AvgIpc) is 2.74. The molecule has 0 aliphatic carbocycles. The standard InChI is InChI=1S/C24H25N3O2/c1-16(2)19-12-7-9-17(3)22(19)27-24(29)21-14-8-13-20(26-21)23(28)25-15-18-10-5-4-6-11-18/h4-14,16H,15H2,1-3H3,(H,25,28)(H,27,29). The van der Waals surface area contributed by atoms with Crippen LogP contribution in [0.2, 0.25) is 0 Å². The lowest BCUT2D eigenvalue weighted by molar-refractivity contribution is 0.0945. The number of benzene rings is 2. The molecule has 3 rings (SSSR count). The topological polar surface area (TPSA) is 71.1 Å². The van der Waals surface area contributed by atoms with Crippen LogP contribution in [0.5, 0.6) is 0 Å². The van der Waals surface area contributed by atoms with Crippen LogP contribution in [0.3, 0.4) is 0 Å². The highest BCUT2D eigenvalue weighted by molar-refractivity contribution is 6.04. The molecule has 0 radical (unpaired) electrons. The molecule has 5 nitrogen and oxygen atoms in total. The number of aromatic nitrogens is 1. The van der Waals surface area contributed by atoms with Gasteiger partial charge >= 0.3 is 0 Å². The first-order chi connectivity index (χ1) is 14.0. The average molecular weight is 387 g/mol. The monoisotopic (exact) mass is 387 g/mol. The maximum absolute atomic E-state index is 12.8. The van der Waals surface area contributed by atoms with Gasteiger partial charge in [0.1, 0.15) is 11.4 Å². The molecule has 0 fully saturated rings. The zero-order valence-corrected chi connectivity index (χ0v) is 16.9. The Morgan fingerprint density at radius 1 is 0.862 bits per heavy atom. The Labute approximate surface area is 171 Å². The van der Waals surface area contributed by atoms with Gasteiger partial charge in [0.25, 0.3) is 11.8 Å². The molecule has 0 aliphatic heterocycles. The number of carbonyl (C=O) groups is 2. The number of rotatable bonds is 6. The van der Waals surface area contributed by atoms with Gasteiger partial charge in [-0.3, -0.25) is 9.59 Å². The number of nitrogens with one attached hydrogen (secondary N) is 2. The summed E-state index contributed by atoms with van der Waals surface area (Å²) in [6.07, 6.45) is 0. The molecule has 5 heteroatoms. The van der Waals surface area contributed by atoms with Crippen LogP contribution in [-0.4, -0.2) is 16.8 Å². The van der Waals surface area contributed by atoms with Gasteiger partial charge in [0.15, 0.2) is 0 Å². The molecule has 29 heavy (non-hydrogen) atoms. The summed E-state index contributed by atoms with van der Waals surface area (Å²) in [5, 5.41) is 5.80. The van der Waals surface area contributed by atoms with E-state index in [-0.39, 0.29) is 29.1 Å². The summed E-state index contributed by atoms with van der Waals surface area (Å²) in [5.74, 6) is -0.380. The first kappa shape index (κ1) is 20.3. The van der Waals surface area contributed by atoms with Crippen molar-refractivity contribution in [3.05, 3.63) is 94.8 Å². The zero-order chi connectivity index (χ0) is 20.8. The molecule has 148 valence electrons. The quantitative estimate of drug-likeness (QED) is 0.644. The molecule has 1 heterocycles. The highest BCUT2D eigenvalue weighted by Gasteiger charge is 2.16. The first-order valence-corrected chi connectivity index (χ1v) is 9.65. The van der Waals surface area contributed by atoms with Crippen LogP contribution in [0.15, 0.2) is 66.7 Å². The number of anilines is 1. The van der Waals surface area contributed by atoms with Crippen molar-refractivity contribution in [2.75, 3.05) is 5.32 Å². The molecule has 0 bridgehead atoms. The molecule has 2 amide bonds. The van der Waals surface area contributed by atoms with Crippen LogP contribution in [0.25, 0.3) is 0 Å². The Bertz CT molecular complexity index is 1010. The van der Waals surface area contributed by atoms with Gasteiger partial charge in [-0.15, -0.1) is 0 Å². The third-order valence-electron chi connectivity index (χ3n) is 4.68. The second kappa shape index (κ2) is 9.15. The molecule has 2 aromatic carbocycles. The fraction of sp³-hybridized carbons (Fsp3) is 0.208. The lowest BCUT2D eigenvalue weighted by Crippen LogP contribution is -2.25. The van der Waals surface area contributed by atoms with E-state index in [4.69, 9.17) is 0 Å². The van der Waals surface area contributed by atoms with Gasteiger partial charge in [-0.05, 0) is 41.7 Å². The highest BCUT2D eigenvalue weighted by atomic mass is 16.2. The lowest BCUT2D eigenvalue weighted by Gasteiger charge is -2.16. The summed E-state index contributed by atoms with van der Waals surface area (Å²) in [7, 11) is 0. The van der Waals surface area contributed by atoms with Crippen molar-refractivity contribution in [1.29, 1.82) is 0 Å². The van der Waals surface area contributed by atoms with Gasteiger partial charge in [-0.1, -0.05) is 68.4 Å². The van der Waals surface area contributed by atoms with Crippen molar-refractivity contribution in [1.82, 2.24) is 10.3 Å². The highest BCUT2D eigenvalue weighted by Crippen LogP contribution is 2.27. The summed E-state index contributed by atoms with van der Waals surface area (Å²) in [5.41, 5.74) is 4.26. The van der Waals surface area contributed by atoms with Crippen LogP contribution >= 0.6 is 0 Å². The third kappa shape index (κ3) is 5.08. The minimum Gasteiger partial charge on any atom is -0.347 e. The van der Waals surface area contributed by atoms with Crippen LogP contribution < -0.4 is 10.6 Å². The van der Waals surface area contributed by atoms with E-state index in [2.05, 4.69) is 29.5 Å². The third-order valence-corrected chi connectivity index (χ3v) is 4.68. The zero-order valence-electron chi connectivity index (χ0n) is 16.9. The van der Waals surface area contributed by atoms with Gasteiger partial charge in [0.05, 0.1) is 0 Å². The number of hydrogen-bond acceptors (Lipinski definition) is 3. The fourth-order valence-electron chi connectivity index (χ4n) is 3.08. The lowest BCUT2D eigenvalue weighted by atomic mass is 9.98. The summed E-state index contributed by atoms with van der Waals surface area (Å²) in [4.78, 5) is 29.5. The van der Waals surface area contributed by atoms with Crippen LogP contribution in [0.4, 0.5) is 5.69 Å². The van der Waals surface area contributed by atoms with E-state index in [1.54, 1.807) is 18.2 Å². The molecule has 0 saturated carbocycles. The summed E-state index contributed by atoms with van der Waals surface area (Å²) in [6.45, 7) is 6.53. The van der Waals surface area contributed by atoms with E-state index in [0.29, 0.717) is 6.54 Å². The van der Waals surface area contributed by atoms with Crippen molar-refractivity contribution in [3.8, 4) is 0 Å². The predicted octanol–water partition coefficient (Wildman–Crippen LogP) is 4.70. The summed E-state index contributed by atoms with van der Waals surface area (Å²) < 4.78 is 0. The molecular weight excluding hydrogens is 362 g/mol. The smallest absolute Gasteiger partial charge is 0.274 e. The van der Waals surface area contributed by atoms with Crippen LogP contribution in [0, 0.1) is 6.92 Å². The minimum atomic E-state index is -0.334. The molecule has 3 aromatic rings. The number of nitrogens with zero attached hydrogens (tertiary/aromatic N) is 1. The SMILES string of the molecule is Cc1cccc(C(C)C)c1NC(=O)c1cccc(C(=O)NCc2ccccc2)n1. The summed E-state index contributed by atoms with van der Waals surface area (Å²) >= 11 is 0. The van der Waals surface area contributed by atoms with Crippen molar-refractivity contribution in [2.45, 2.75) is 33.2 Å². The molecule has 1 aromatic heterocycles. The number of hydrogen-bond donors (Lipinski definition) is 2. The van der Waals surface area contributed by atoms with E-state index in [9.17, 15) is 9.59 Å². The number of aryl methyl sites for hydroxylation is 1. The Balaban J connectivity index is 1.74. The molecule has 0 spiro atoms. The van der Waals surface area contributed by atoms with Gasteiger partial charge in [0, 0.05) is 12.2 Å². The maximum atomic E-state index is 12.8. The number of amides is 2. The molecule has 2 N–H and O–H groups in total. The van der Waals surface area contributed by atoms with Crippen molar-refractivity contribution in [3.63, 3.8) is 0 Å². The minimum absolute atomic E-state index is 0.204. The first-order valence-electron chi connectivity index (χ1n) is 9.65. The van der Waals surface area contributed by atoms with E-state index in [0.717, 1.165) is 22.4 Å². The Kier molecular flexibility index (Phi) is 6.39. The van der Waals surface area contributed by atoms with E-state index < -0.39 is 0 Å². The van der Waals surface area contributed by atoms with Crippen LogP contribution in [0.1, 0.15) is 57.4 Å². The number of para-hydroxylation sites is 1. The second-order valence-electron chi connectivity index (χ2n) is 7.22. The molecule has 0 aliphatic rings. The van der Waals surface area contributed by atoms with E-state index in [1.807, 2.05) is 55.5 Å². The van der Waals surface area contributed by atoms with Crippen molar-refractivity contribution >= 4 is 17.5 Å². The summed E-state index contributed by atoms with van der Waals surface area (Å²) in [6, 6.07) is 20.5. The predicted molar refractivity (Wildman–Crippen MR) is 115 cm³/mol. The Morgan fingerprint density at radius 2 is 1.52 bits per heavy atom.